The molecule has 2 atom stereocenters. The van der Waals surface area contributed by atoms with Gasteiger partial charge in [-0.05, 0) is 49.7 Å². The van der Waals surface area contributed by atoms with Gasteiger partial charge >= 0.3 is 0 Å². The number of para-hydroxylation sites is 1. The molecular formula is C25H30N6O. The maximum absolute atomic E-state index is 5.74. The van der Waals surface area contributed by atoms with Gasteiger partial charge in [0.15, 0.2) is 5.65 Å². The standard InChI is InChI=1S/C25H30N6O/c1-15(2)20-13-26-31-24(20)29-23(16-6-5-11-32-14-16)30-25(31)27-17-9-10-22-19(12-17)18-7-3-4-8-21(18)28-22/h3-4,7-8,13,15-17,28H,5-6,9-12,14H2,1-2H3,(H,27,29,30). The second-order valence-corrected chi connectivity index (χ2v) is 9.52. The summed E-state index contributed by atoms with van der Waals surface area (Å²) in [6, 6.07) is 8.91. The fourth-order valence-electron chi connectivity index (χ4n) is 5.21. The third-order valence-electron chi connectivity index (χ3n) is 6.99. The van der Waals surface area contributed by atoms with E-state index in [-0.39, 0.29) is 5.92 Å². The minimum Gasteiger partial charge on any atom is -0.381 e. The highest BCUT2D eigenvalue weighted by atomic mass is 16.5. The van der Waals surface area contributed by atoms with Crippen LogP contribution in [0, 0.1) is 0 Å². The van der Waals surface area contributed by atoms with E-state index in [0.717, 1.165) is 61.7 Å². The number of aromatic amines is 1. The average molecular weight is 431 g/mol. The van der Waals surface area contributed by atoms with Gasteiger partial charge < -0.3 is 15.0 Å². The summed E-state index contributed by atoms with van der Waals surface area (Å²) in [5.74, 6) is 2.28. The molecule has 0 radical (unpaired) electrons. The van der Waals surface area contributed by atoms with Gasteiger partial charge in [0.25, 0.3) is 0 Å². The normalized spacial score (nSPS) is 21.3. The van der Waals surface area contributed by atoms with Gasteiger partial charge in [-0.25, -0.2) is 4.98 Å². The van der Waals surface area contributed by atoms with Crippen LogP contribution in [0.15, 0.2) is 30.5 Å². The lowest BCUT2D eigenvalue weighted by Crippen LogP contribution is -2.29. The van der Waals surface area contributed by atoms with Gasteiger partial charge in [-0.2, -0.15) is 14.6 Å². The first-order valence-corrected chi connectivity index (χ1v) is 11.9. The van der Waals surface area contributed by atoms with E-state index >= 15 is 0 Å². The topological polar surface area (TPSA) is 80.1 Å². The van der Waals surface area contributed by atoms with Crippen molar-refractivity contribution in [2.75, 3.05) is 18.5 Å². The maximum Gasteiger partial charge on any atom is 0.227 e. The van der Waals surface area contributed by atoms with Crippen LogP contribution >= 0.6 is 0 Å². The van der Waals surface area contributed by atoms with E-state index in [1.54, 1.807) is 0 Å². The van der Waals surface area contributed by atoms with E-state index < -0.39 is 0 Å². The zero-order valence-corrected chi connectivity index (χ0v) is 18.8. The molecule has 2 aliphatic rings. The van der Waals surface area contributed by atoms with Crippen LogP contribution < -0.4 is 5.32 Å². The number of fused-ring (bicyclic) bond motifs is 4. The molecule has 166 valence electrons. The number of H-pyrrole nitrogens is 1. The molecule has 4 aromatic rings. The Hall–Kier alpha value is -2.93. The molecule has 1 aliphatic heterocycles. The Kier molecular flexibility index (Phi) is 4.86. The van der Waals surface area contributed by atoms with Gasteiger partial charge in [0.05, 0.1) is 12.8 Å². The quantitative estimate of drug-likeness (QED) is 0.495. The lowest BCUT2D eigenvalue weighted by atomic mass is 9.91. The number of rotatable bonds is 4. The summed E-state index contributed by atoms with van der Waals surface area (Å²) in [6.07, 6.45) is 7.15. The zero-order valence-electron chi connectivity index (χ0n) is 18.8. The van der Waals surface area contributed by atoms with Crippen molar-refractivity contribution in [3.63, 3.8) is 0 Å². The molecule has 7 nitrogen and oxygen atoms in total. The third kappa shape index (κ3) is 3.35. The van der Waals surface area contributed by atoms with E-state index in [1.165, 1.54) is 22.2 Å². The Morgan fingerprint density at radius 3 is 2.94 bits per heavy atom. The number of anilines is 1. The van der Waals surface area contributed by atoms with Crippen LogP contribution in [-0.4, -0.2) is 43.8 Å². The third-order valence-corrected chi connectivity index (χ3v) is 6.99. The number of aryl methyl sites for hydroxylation is 1. The largest absolute Gasteiger partial charge is 0.381 e. The molecule has 3 aromatic heterocycles. The number of nitrogens with zero attached hydrogens (tertiary/aromatic N) is 4. The van der Waals surface area contributed by atoms with Crippen molar-refractivity contribution < 1.29 is 4.74 Å². The first-order valence-electron chi connectivity index (χ1n) is 11.9. The van der Waals surface area contributed by atoms with E-state index in [9.17, 15) is 0 Å². The van der Waals surface area contributed by atoms with Gasteiger partial charge in [0.2, 0.25) is 5.95 Å². The number of hydrogen-bond acceptors (Lipinski definition) is 5. The van der Waals surface area contributed by atoms with E-state index in [1.807, 2.05) is 10.7 Å². The predicted molar refractivity (Wildman–Crippen MR) is 125 cm³/mol. The minimum atomic E-state index is 0.246. The molecule has 0 spiro atoms. The summed E-state index contributed by atoms with van der Waals surface area (Å²) in [4.78, 5) is 13.6. The molecule has 1 aromatic carbocycles. The van der Waals surface area contributed by atoms with Crippen LogP contribution in [0.25, 0.3) is 16.6 Å². The Balaban J connectivity index is 1.36. The smallest absolute Gasteiger partial charge is 0.227 e. The fourth-order valence-corrected chi connectivity index (χ4v) is 5.21. The fraction of sp³-hybridized carbons (Fsp3) is 0.480. The molecule has 1 saturated heterocycles. The summed E-state index contributed by atoms with van der Waals surface area (Å²) < 4.78 is 7.64. The molecule has 0 bridgehead atoms. The number of hydrogen-bond donors (Lipinski definition) is 2. The molecule has 4 heterocycles. The van der Waals surface area contributed by atoms with Crippen molar-refractivity contribution in [2.24, 2.45) is 0 Å². The highest BCUT2D eigenvalue weighted by Gasteiger charge is 2.26. The minimum absolute atomic E-state index is 0.246. The molecule has 7 heteroatoms. The Morgan fingerprint density at radius 1 is 1.19 bits per heavy atom. The Labute approximate surface area is 187 Å². The monoisotopic (exact) mass is 430 g/mol. The molecule has 2 unspecified atom stereocenters. The zero-order chi connectivity index (χ0) is 21.7. The van der Waals surface area contributed by atoms with Crippen molar-refractivity contribution in [1.82, 2.24) is 24.6 Å². The second kappa shape index (κ2) is 7.89. The van der Waals surface area contributed by atoms with Gasteiger partial charge in [-0.15, -0.1) is 0 Å². The average Bonchev–Trinajstić information content (AvgIpc) is 3.41. The lowest BCUT2D eigenvalue weighted by molar-refractivity contribution is 0.0781. The van der Waals surface area contributed by atoms with Crippen LogP contribution in [0.2, 0.25) is 0 Å². The number of nitrogens with one attached hydrogen (secondary N) is 2. The van der Waals surface area contributed by atoms with Crippen LogP contribution in [0.5, 0.6) is 0 Å². The summed E-state index contributed by atoms with van der Waals surface area (Å²) in [7, 11) is 0. The molecule has 1 fully saturated rings. The van der Waals surface area contributed by atoms with Crippen molar-refractivity contribution in [2.45, 2.75) is 63.8 Å². The van der Waals surface area contributed by atoms with Crippen molar-refractivity contribution in [1.29, 1.82) is 0 Å². The molecular weight excluding hydrogens is 400 g/mol. The van der Waals surface area contributed by atoms with Crippen LogP contribution in [0.4, 0.5) is 5.95 Å². The van der Waals surface area contributed by atoms with Gasteiger partial charge in [0.1, 0.15) is 5.82 Å². The molecule has 32 heavy (non-hydrogen) atoms. The second-order valence-electron chi connectivity index (χ2n) is 9.52. The summed E-state index contributed by atoms with van der Waals surface area (Å²) in [6.45, 7) is 5.91. The SMILES string of the molecule is CC(C)c1cnn2c(NC3CCc4[nH]c5ccccc5c4C3)nc(C3CCCOC3)nc12. The summed E-state index contributed by atoms with van der Waals surface area (Å²) in [5, 5.41) is 9.75. The first-order chi connectivity index (χ1) is 15.7. The summed E-state index contributed by atoms with van der Waals surface area (Å²) in [5.41, 5.74) is 6.12. The number of ether oxygens (including phenoxy) is 1. The van der Waals surface area contributed by atoms with Gasteiger partial charge in [-0.3, -0.25) is 0 Å². The van der Waals surface area contributed by atoms with Gasteiger partial charge in [0, 0.05) is 40.7 Å². The van der Waals surface area contributed by atoms with Crippen molar-refractivity contribution in [3.05, 3.63) is 53.1 Å². The first kappa shape index (κ1) is 19.7. The molecule has 1 aliphatic carbocycles. The van der Waals surface area contributed by atoms with E-state index in [4.69, 9.17) is 14.7 Å². The van der Waals surface area contributed by atoms with Crippen LogP contribution in [-0.2, 0) is 17.6 Å². The molecule has 6 rings (SSSR count). The van der Waals surface area contributed by atoms with Gasteiger partial charge in [-0.1, -0.05) is 32.0 Å². The van der Waals surface area contributed by atoms with E-state index in [2.05, 4.69) is 53.5 Å². The number of aromatic nitrogens is 5. The van der Waals surface area contributed by atoms with E-state index in [0.29, 0.717) is 18.6 Å². The highest BCUT2D eigenvalue weighted by molar-refractivity contribution is 5.85. The Bertz CT molecular complexity index is 1270. The maximum atomic E-state index is 5.74. The molecule has 2 N–H and O–H groups in total. The highest BCUT2D eigenvalue weighted by Crippen LogP contribution is 2.31. The Morgan fingerprint density at radius 2 is 2.09 bits per heavy atom. The number of benzene rings is 1. The summed E-state index contributed by atoms with van der Waals surface area (Å²) >= 11 is 0. The van der Waals surface area contributed by atoms with Crippen LogP contribution in [0.1, 0.15) is 67.6 Å². The van der Waals surface area contributed by atoms with Crippen LogP contribution in [0.3, 0.4) is 0 Å². The molecule has 0 amide bonds. The van der Waals surface area contributed by atoms with Crippen molar-refractivity contribution >= 4 is 22.5 Å². The van der Waals surface area contributed by atoms with Crippen molar-refractivity contribution in [3.8, 4) is 0 Å². The lowest BCUT2D eigenvalue weighted by Gasteiger charge is -2.25. The molecule has 0 saturated carbocycles. The predicted octanol–water partition coefficient (Wildman–Crippen LogP) is 4.59.